The minimum absolute atomic E-state index is 0.380. The van der Waals surface area contributed by atoms with Crippen LogP contribution >= 0.6 is 18.3 Å². The topological polar surface area (TPSA) is 40.5 Å². The molecule has 0 aromatic heterocycles. The number of rotatable bonds is 11. The number of unbranched alkanes of at least 4 members (excludes halogenated alkanes) is 9. The molecule has 0 amide bonds. The van der Waals surface area contributed by atoms with Gasteiger partial charge in [0, 0.05) is 0 Å². The molecule has 0 rings (SSSR count). The largest absolute Gasteiger partial charge is 0.365 e. The molecule has 4 heteroatoms. The van der Waals surface area contributed by atoms with E-state index in [-0.39, 0.29) is 0 Å². The van der Waals surface area contributed by atoms with Crippen LogP contribution in [0, 0.1) is 0 Å². The van der Waals surface area contributed by atoms with Gasteiger partial charge in [0.2, 0.25) is 0 Å². The molecule has 0 fully saturated rings. The Bertz CT molecular complexity index is 148. The second-order valence-corrected chi connectivity index (χ2v) is 7.91. The molecule has 98 valence electrons. The van der Waals surface area contributed by atoms with E-state index in [0.29, 0.717) is 6.16 Å². The summed E-state index contributed by atoms with van der Waals surface area (Å²) < 4.78 is 0. The van der Waals surface area contributed by atoms with Crippen LogP contribution in [0.5, 0.6) is 0 Å². The molecular weight excluding hydrogens is 243 g/mol. The highest BCUT2D eigenvalue weighted by atomic mass is 35.7. The van der Waals surface area contributed by atoms with Crippen LogP contribution in [-0.4, -0.2) is 15.9 Å². The van der Waals surface area contributed by atoms with Crippen molar-refractivity contribution in [1.82, 2.24) is 0 Å². The van der Waals surface area contributed by atoms with E-state index in [2.05, 4.69) is 6.92 Å². The van der Waals surface area contributed by atoms with Crippen molar-refractivity contribution in [2.24, 2.45) is 0 Å². The van der Waals surface area contributed by atoms with E-state index in [1.165, 1.54) is 51.4 Å². The summed E-state index contributed by atoms with van der Waals surface area (Å²) in [5.74, 6) is 0. The van der Waals surface area contributed by atoms with Crippen molar-refractivity contribution in [3.8, 4) is 0 Å². The lowest BCUT2D eigenvalue weighted by molar-refractivity contribution is 0.467. The molecule has 0 spiro atoms. The van der Waals surface area contributed by atoms with E-state index in [1.54, 1.807) is 0 Å². The van der Waals surface area contributed by atoms with Gasteiger partial charge in [-0.05, 0) is 12.8 Å². The molecule has 0 aromatic carbocycles. The Balaban J connectivity index is 2.99. The maximum absolute atomic E-state index is 8.97. The molecule has 0 atom stereocenters. The van der Waals surface area contributed by atoms with E-state index in [4.69, 9.17) is 21.0 Å². The van der Waals surface area contributed by atoms with Crippen LogP contribution < -0.4 is 0 Å². The smallest absolute Gasteiger partial charge is 0.203 e. The normalized spacial score (nSPS) is 12.0. The van der Waals surface area contributed by atoms with Gasteiger partial charge in [-0.25, -0.2) is 9.79 Å². The molecule has 2 N–H and O–H groups in total. The van der Waals surface area contributed by atoms with Crippen molar-refractivity contribution in [1.29, 1.82) is 0 Å². The predicted octanol–water partition coefficient (Wildman–Crippen LogP) is 4.89. The predicted molar refractivity (Wildman–Crippen MR) is 73.9 cm³/mol. The third kappa shape index (κ3) is 14.6. The van der Waals surface area contributed by atoms with Crippen LogP contribution in [-0.2, 0) is 0 Å². The Kier molecular flexibility index (Phi) is 11.2. The van der Waals surface area contributed by atoms with Crippen LogP contribution in [0.3, 0.4) is 0 Å². The molecule has 0 bridgehead atoms. The zero-order valence-electron chi connectivity index (χ0n) is 10.5. The number of halogens is 1. The Hall–Kier alpha value is 0.640. The summed E-state index contributed by atoms with van der Waals surface area (Å²) in [7, 11) is -3.02. The van der Waals surface area contributed by atoms with Gasteiger partial charge < -0.3 is 0 Å². The minimum Gasteiger partial charge on any atom is -0.203 e. The molecule has 0 saturated heterocycles. The summed E-state index contributed by atoms with van der Waals surface area (Å²) in [5.41, 5.74) is 0. The van der Waals surface area contributed by atoms with Gasteiger partial charge in [-0.1, -0.05) is 58.3 Å². The average Bonchev–Trinajstić information content (AvgIpc) is 2.19. The van der Waals surface area contributed by atoms with Crippen LogP contribution in [0.1, 0.15) is 71.1 Å². The Morgan fingerprint density at radius 3 is 1.50 bits per heavy atom. The highest BCUT2D eigenvalue weighted by molar-refractivity contribution is 7.90. The summed E-state index contributed by atoms with van der Waals surface area (Å²) >= 11 is 5.37. The van der Waals surface area contributed by atoms with E-state index in [9.17, 15) is 0 Å². The average molecular weight is 270 g/mol. The van der Waals surface area contributed by atoms with Crippen molar-refractivity contribution in [3.05, 3.63) is 0 Å². The third-order valence-corrected chi connectivity index (χ3v) is 4.19. The van der Waals surface area contributed by atoms with Crippen LogP contribution in [0.15, 0.2) is 0 Å². The second kappa shape index (κ2) is 10.8. The zero-order valence-corrected chi connectivity index (χ0v) is 12.1. The Labute approximate surface area is 106 Å². The summed E-state index contributed by atoms with van der Waals surface area (Å²) in [4.78, 5) is 17.9. The van der Waals surface area contributed by atoms with Crippen molar-refractivity contribution in [3.63, 3.8) is 0 Å². The van der Waals surface area contributed by atoms with Gasteiger partial charge in [0.05, 0.1) is 0 Å². The first kappa shape index (κ1) is 16.6. The standard InChI is InChI=1S/C12H27ClO2P/c1-2-3-4-5-6-7-8-9-10-11-12-16(13,14)15/h14-15H,2-12H2,1H3/q+1. The molecule has 0 unspecified atom stereocenters. The van der Waals surface area contributed by atoms with Gasteiger partial charge in [0.1, 0.15) is 6.16 Å². The molecule has 0 saturated carbocycles. The SMILES string of the molecule is CCCCCCCCCCCC[P+](O)(O)Cl. The van der Waals surface area contributed by atoms with Crippen molar-refractivity contribution in [2.45, 2.75) is 71.1 Å². The van der Waals surface area contributed by atoms with Gasteiger partial charge >= 0.3 is 7.07 Å². The van der Waals surface area contributed by atoms with Crippen LogP contribution in [0.2, 0.25) is 0 Å². The van der Waals surface area contributed by atoms with Gasteiger partial charge in [-0.15, -0.1) is 0 Å². The molecule has 0 aromatic rings. The van der Waals surface area contributed by atoms with Crippen LogP contribution in [0.4, 0.5) is 0 Å². The molecule has 0 aliphatic rings. The van der Waals surface area contributed by atoms with Crippen molar-refractivity contribution < 1.29 is 9.79 Å². The first-order chi connectivity index (χ1) is 7.56. The van der Waals surface area contributed by atoms with E-state index in [1.807, 2.05) is 0 Å². The molecular formula is C12H27ClO2P+. The van der Waals surface area contributed by atoms with Crippen LogP contribution in [0.25, 0.3) is 0 Å². The highest BCUT2D eigenvalue weighted by Crippen LogP contribution is 2.55. The van der Waals surface area contributed by atoms with Crippen molar-refractivity contribution in [2.75, 3.05) is 6.16 Å². The Morgan fingerprint density at radius 2 is 1.12 bits per heavy atom. The van der Waals surface area contributed by atoms with Gasteiger partial charge in [-0.2, -0.15) is 0 Å². The molecule has 0 aliphatic carbocycles. The molecule has 16 heavy (non-hydrogen) atoms. The first-order valence-electron chi connectivity index (χ1n) is 6.59. The summed E-state index contributed by atoms with van der Waals surface area (Å²) in [6.45, 7) is 2.24. The van der Waals surface area contributed by atoms with E-state index < -0.39 is 7.07 Å². The minimum atomic E-state index is -3.02. The highest BCUT2D eigenvalue weighted by Gasteiger charge is 2.28. The molecule has 0 aliphatic heterocycles. The number of hydrogen-bond donors (Lipinski definition) is 2. The van der Waals surface area contributed by atoms with E-state index >= 15 is 0 Å². The second-order valence-electron chi connectivity index (χ2n) is 4.55. The van der Waals surface area contributed by atoms with Gasteiger partial charge in [0.15, 0.2) is 11.2 Å². The van der Waals surface area contributed by atoms with Crippen molar-refractivity contribution >= 4 is 18.3 Å². The maximum Gasteiger partial charge on any atom is 0.365 e. The fraction of sp³-hybridized carbons (Fsp3) is 1.00. The van der Waals surface area contributed by atoms with Gasteiger partial charge in [-0.3, -0.25) is 0 Å². The zero-order chi connectivity index (χ0) is 12.3. The molecule has 0 radical (unpaired) electrons. The summed E-state index contributed by atoms with van der Waals surface area (Å²) in [6, 6.07) is 0. The molecule has 0 heterocycles. The quantitative estimate of drug-likeness (QED) is 0.414. The fourth-order valence-electron chi connectivity index (χ4n) is 1.80. The number of hydrogen-bond acceptors (Lipinski definition) is 2. The lowest BCUT2D eigenvalue weighted by atomic mass is 10.1. The monoisotopic (exact) mass is 269 g/mol. The molecule has 2 nitrogen and oxygen atoms in total. The lowest BCUT2D eigenvalue weighted by Gasteiger charge is -2.03. The lowest BCUT2D eigenvalue weighted by Crippen LogP contribution is -1.90. The first-order valence-corrected chi connectivity index (χ1v) is 9.38. The Morgan fingerprint density at radius 1 is 0.750 bits per heavy atom. The maximum atomic E-state index is 8.97. The summed E-state index contributed by atoms with van der Waals surface area (Å²) in [5, 5.41) is 0. The third-order valence-electron chi connectivity index (χ3n) is 2.80. The van der Waals surface area contributed by atoms with E-state index in [0.717, 1.165) is 12.8 Å². The summed E-state index contributed by atoms with van der Waals surface area (Å²) in [6.07, 6.45) is 12.9. The fourth-order valence-corrected chi connectivity index (χ4v) is 2.78. The van der Waals surface area contributed by atoms with Gasteiger partial charge in [0.25, 0.3) is 0 Å².